The van der Waals surface area contributed by atoms with Gasteiger partial charge >= 0.3 is 5.97 Å². The Bertz CT molecular complexity index is 939. The highest BCUT2D eigenvalue weighted by Gasteiger charge is 2.22. The van der Waals surface area contributed by atoms with Crippen LogP contribution in [0.4, 0.5) is 5.69 Å². The van der Waals surface area contributed by atoms with E-state index in [9.17, 15) is 14.4 Å². The van der Waals surface area contributed by atoms with Crippen molar-refractivity contribution in [2.45, 2.75) is 45.6 Å². The van der Waals surface area contributed by atoms with Crippen molar-refractivity contribution >= 4 is 23.5 Å². The van der Waals surface area contributed by atoms with E-state index in [-0.39, 0.29) is 24.7 Å². The smallest absolute Gasteiger partial charge is 0.306 e. The third-order valence-corrected chi connectivity index (χ3v) is 5.45. The van der Waals surface area contributed by atoms with Crippen molar-refractivity contribution in [3.05, 3.63) is 64.7 Å². The predicted molar refractivity (Wildman–Crippen MR) is 115 cm³/mol. The number of ether oxygens (including phenoxy) is 1. The van der Waals surface area contributed by atoms with Crippen LogP contribution >= 0.6 is 0 Å². The summed E-state index contributed by atoms with van der Waals surface area (Å²) in [5, 5.41) is 2.81. The molecule has 2 aromatic rings. The number of esters is 1. The van der Waals surface area contributed by atoms with Gasteiger partial charge in [-0.15, -0.1) is 0 Å². The SMILES string of the molecule is COC(=O)CCC(=O)NCc1ccc(C(=O)N2CCCCc3ccccc32)cc1C. The van der Waals surface area contributed by atoms with Crippen molar-refractivity contribution < 1.29 is 19.1 Å². The number of rotatable bonds is 6. The highest BCUT2D eigenvalue weighted by molar-refractivity contribution is 6.06. The third-order valence-electron chi connectivity index (χ3n) is 5.45. The van der Waals surface area contributed by atoms with Crippen molar-refractivity contribution in [1.29, 1.82) is 0 Å². The zero-order valence-electron chi connectivity index (χ0n) is 17.6. The van der Waals surface area contributed by atoms with Crippen LogP contribution in [0.15, 0.2) is 42.5 Å². The number of aryl methyl sites for hydroxylation is 2. The Kier molecular flexibility index (Phi) is 7.22. The summed E-state index contributed by atoms with van der Waals surface area (Å²) in [5.74, 6) is -0.610. The highest BCUT2D eigenvalue weighted by atomic mass is 16.5. The topological polar surface area (TPSA) is 75.7 Å². The minimum atomic E-state index is -0.403. The lowest BCUT2D eigenvalue weighted by Gasteiger charge is -2.23. The first kappa shape index (κ1) is 21.6. The molecule has 6 heteroatoms. The van der Waals surface area contributed by atoms with Crippen LogP contribution in [0.25, 0.3) is 0 Å². The number of anilines is 1. The van der Waals surface area contributed by atoms with Gasteiger partial charge < -0.3 is 15.0 Å². The van der Waals surface area contributed by atoms with Crippen LogP contribution in [0.2, 0.25) is 0 Å². The molecule has 30 heavy (non-hydrogen) atoms. The summed E-state index contributed by atoms with van der Waals surface area (Å²) in [4.78, 5) is 38.2. The second-order valence-corrected chi connectivity index (χ2v) is 7.54. The molecule has 0 aliphatic carbocycles. The van der Waals surface area contributed by atoms with E-state index in [1.807, 2.05) is 48.2 Å². The minimum absolute atomic E-state index is 0.00103. The first-order valence-electron chi connectivity index (χ1n) is 10.3. The number of benzene rings is 2. The molecule has 6 nitrogen and oxygen atoms in total. The molecule has 0 unspecified atom stereocenters. The third kappa shape index (κ3) is 5.26. The average molecular weight is 408 g/mol. The van der Waals surface area contributed by atoms with E-state index < -0.39 is 5.97 Å². The zero-order valence-corrected chi connectivity index (χ0v) is 17.6. The van der Waals surface area contributed by atoms with Gasteiger partial charge in [0, 0.05) is 30.8 Å². The van der Waals surface area contributed by atoms with Crippen molar-refractivity contribution in [2.24, 2.45) is 0 Å². The van der Waals surface area contributed by atoms with Gasteiger partial charge in [0.1, 0.15) is 0 Å². The van der Waals surface area contributed by atoms with Crippen LogP contribution in [-0.4, -0.2) is 31.4 Å². The number of nitrogens with zero attached hydrogens (tertiary/aromatic N) is 1. The van der Waals surface area contributed by atoms with Gasteiger partial charge in [0.25, 0.3) is 5.91 Å². The number of fused-ring (bicyclic) bond motifs is 1. The van der Waals surface area contributed by atoms with Crippen molar-refractivity contribution in [2.75, 3.05) is 18.6 Å². The molecule has 1 aliphatic heterocycles. The Balaban J connectivity index is 1.67. The Morgan fingerprint density at radius 3 is 2.63 bits per heavy atom. The van der Waals surface area contributed by atoms with E-state index in [4.69, 9.17) is 0 Å². The Morgan fingerprint density at radius 1 is 1.07 bits per heavy atom. The number of hydrogen-bond acceptors (Lipinski definition) is 4. The molecule has 0 aromatic heterocycles. The molecule has 0 bridgehead atoms. The van der Waals surface area contributed by atoms with Crippen LogP contribution in [-0.2, 0) is 27.3 Å². The summed E-state index contributed by atoms with van der Waals surface area (Å²) in [6.07, 6.45) is 3.21. The molecule has 1 N–H and O–H groups in total. The van der Waals surface area contributed by atoms with E-state index in [1.165, 1.54) is 12.7 Å². The molecule has 0 atom stereocenters. The molecule has 2 amide bonds. The Hall–Kier alpha value is -3.15. The van der Waals surface area contributed by atoms with Crippen molar-refractivity contribution in [3.8, 4) is 0 Å². The number of nitrogens with one attached hydrogen (secondary N) is 1. The van der Waals surface area contributed by atoms with Crippen LogP contribution in [0.1, 0.15) is 52.7 Å². The van der Waals surface area contributed by atoms with Gasteiger partial charge in [-0.25, -0.2) is 0 Å². The number of hydrogen-bond donors (Lipinski definition) is 1. The first-order chi connectivity index (χ1) is 14.5. The molecule has 0 saturated carbocycles. The van der Waals surface area contributed by atoms with E-state index in [0.29, 0.717) is 18.7 Å². The van der Waals surface area contributed by atoms with Crippen LogP contribution in [0.3, 0.4) is 0 Å². The molecule has 3 rings (SSSR count). The number of amides is 2. The quantitative estimate of drug-likeness (QED) is 0.742. The summed E-state index contributed by atoms with van der Waals surface area (Å²) in [6, 6.07) is 13.7. The maximum absolute atomic E-state index is 13.2. The number of methoxy groups -OCH3 is 1. The zero-order chi connectivity index (χ0) is 21.5. The Morgan fingerprint density at radius 2 is 1.87 bits per heavy atom. The molecular weight excluding hydrogens is 380 g/mol. The van der Waals surface area contributed by atoms with E-state index in [1.54, 1.807) is 0 Å². The fourth-order valence-electron chi connectivity index (χ4n) is 3.69. The molecule has 0 saturated heterocycles. The lowest BCUT2D eigenvalue weighted by Crippen LogP contribution is -2.32. The summed E-state index contributed by atoms with van der Waals surface area (Å²) < 4.78 is 4.54. The van der Waals surface area contributed by atoms with Gasteiger partial charge in [0.05, 0.1) is 13.5 Å². The molecule has 2 aromatic carbocycles. The van der Waals surface area contributed by atoms with Gasteiger partial charge in [0.2, 0.25) is 5.91 Å². The lowest BCUT2D eigenvalue weighted by molar-refractivity contribution is -0.142. The second kappa shape index (κ2) is 10.1. The van der Waals surface area contributed by atoms with Crippen LogP contribution < -0.4 is 10.2 Å². The van der Waals surface area contributed by atoms with E-state index in [0.717, 1.165) is 36.1 Å². The molecular formula is C24H28N2O4. The number of carbonyl (C=O) groups excluding carboxylic acids is 3. The van der Waals surface area contributed by atoms with Gasteiger partial charge in [-0.2, -0.15) is 0 Å². The first-order valence-corrected chi connectivity index (χ1v) is 10.3. The second-order valence-electron chi connectivity index (χ2n) is 7.54. The lowest BCUT2D eigenvalue weighted by atomic mass is 10.0. The van der Waals surface area contributed by atoms with E-state index >= 15 is 0 Å². The van der Waals surface area contributed by atoms with E-state index in [2.05, 4.69) is 16.1 Å². The van der Waals surface area contributed by atoms with Crippen LogP contribution in [0.5, 0.6) is 0 Å². The standard InChI is InChI=1S/C24H28N2O4/c1-17-15-19(10-11-20(17)16-25-22(27)12-13-23(28)30-2)24(29)26-14-6-5-8-18-7-3-4-9-21(18)26/h3-4,7,9-11,15H,5-6,8,12-14,16H2,1-2H3,(H,25,27). The van der Waals surface area contributed by atoms with Crippen molar-refractivity contribution in [3.63, 3.8) is 0 Å². The summed E-state index contributed by atoms with van der Waals surface area (Å²) in [6.45, 7) is 3.00. The fraction of sp³-hybridized carbons (Fsp3) is 0.375. The van der Waals surface area contributed by atoms with Crippen molar-refractivity contribution in [1.82, 2.24) is 5.32 Å². The maximum Gasteiger partial charge on any atom is 0.306 e. The monoisotopic (exact) mass is 408 g/mol. The molecule has 0 radical (unpaired) electrons. The molecule has 0 spiro atoms. The van der Waals surface area contributed by atoms with Gasteiger partial charge in [-0.1, -0.05) is 24.3 Å². The van der Waals surface area contributed by atoms with Gasteiger partial charge in [-0.3, -0.25) is 14.4 Å². The normalized spacial score (nSPS) is 13.2. The predicted octanol–water partition coefficient (Wildman–Crippen LogP) is 3.55. The summed E-state index contributed by atoms with van der Waals surface area (Å²) in [7, 11) is 1.30. The Labute approximate surface area is 177 Å². The molecule has 158 valence electrons. The number of carbonyl (C=O) groups is 3. The summed E-state index contributed by atoms with van der Waals surface area (Å²) in [5.41, 5.74) is 4.74. The minimum Gasteiger partial charge on any atom is -0.469 e. The number of para-hydroxylation sites is 1. The average Bonchev–Trinajstić information content (AvgIpc) is 2.98. The molecule has 1 heterocycles. The van der Waals surface area contributed by atoms with Crippen LogP contribution in [0, 0.1) is 6.92 Å². The fourth-order valence-corrected chi connectivity index (χ4v) is 3.69. The molecule has 1 aliphatic rings. The van der Waals surface area contributed by atoms with Gasteiger partial charge in [-0.05, 0) is 61.1 Å². The van der Waals surface area contributed by atoms with Gasteiger partial charge in [0.15, 0.2) is 0 Å². The largest absolute Gasteiger partial charge is 0.469 e. The summed E-state index contributed by atoms with van der Waals surface area (Å²) >= 11 is 0. The maximum atomic E-state index is 13.2. The highest BCUT2D eigenvalue weighted by Crippen LogP contribution is 2.28. The molecule has 0 fully saturated rings.